The zero-order chi connectivity index (χ0) is 39.5. The Balaban J connectivity index is 0.669. The average Bonchev–Trinajstić information content (AvgIpc) is 3.91. The number of piperazine rings is 1. The molecule has 14 nitrogen and oxygen atoms in total. The standard InChI is InChI=1S/C43H50FN9O5/c1-25(27-2-3-27)57-29-4-6-34-32(20-29)41(49-48-34)35-21-38(46-24-45-35)52-16-14-50(15-17-52)22-26-18-30(19-26)58-28-10-12-51(13-11-28)36-7-5-31-33(40(36)44)23-53(43(31)56)37-8-9-39(54)47-42(37)55/h4-7,20-21,24-28,30,37H,2-3,8-19,22-23H2,1H3,(H,48,49)(H,47,54,55)/t25?,26-,30-,37?. The molecule has 10 rings (SSSR count). The van der Waals surface area contributed by atoms with E-state index in [4.69, 9.17) is 9.47 Å². The normalized spacial score (nSPS) is 24.9. The molecular weight excluding hydrogens is 742 g/mol. The van der Waals surface area contributed by atoms with Gasteiger partial charge in [-0.3, -0.25) is 29.7 Å². The second kappa shape index (κ2) is 15.2. The van der Waals surface area contributed by atoms with Crippen molar-refractivity contribution >= 4 is 40.1 Å². The number of fused-ring (bicyclic) bond motifs is 2. The fourth-order valence-corrected chi connectivity index (χ4v) is 9.59. The number of carbonyl (C=O) groups excluding carboxylic acids is 3. The lowest BCUT2D eigenvalue weighted by Gasteiger charge is -2.43. The van der Waals surface area contributed by atoms with Gasteiger partial charge in [-0.15, -0.1) is 0 Å². The maximum absolute atomic E-state index is 15.9. The first-order chi connectivity index (χ1) is 28.2. The van der Waals surface area contributed by atoms with Crippen LogP contribution in [-0.4, -0.2) is 118 Å². The van der Waals surface area contributed by atoms with Crippen molar-refractivity contribution < 1.29 is 28.2 Å². The van der Waals surface area contributed by atoms with Crippen LogP contribution in [0.3, 0.4) is 0 Å². The maximum atomic E-state index is 15.9. The number of ether oxygens (including phenoxy) is 2. The van der Waals surface area contributed by atoms with Crippen LogP contribution in [0, 0.1) is 17.7 Å². The molecule has 3 saturated heterocycles. The highest BCUT2D eigenvalue weighted by molar-refractivity contribution is 6.05. The first-order valence-corrected chi connectivity index (χ1v) is 21.0. The zero-order valence-corrected chi connectivity index (χ0v) is 32.9. The second-order valence-corrected chi connectivity index (χ2v) is 17.1. The van der Waals surface area contributed by atoms with Gasteiger partial charge in [-0.25, -0.2) is 14.4 Å². The van der Waals surface area contributed by atoms with Gasteiger partial charge in [0.15, 0.2) is 5.82 Å². The number of halogens is 1. The molecule has 2 aromatic carbocycles. The van der Waals surface area contributed by atoms with Crippen LogP contribution in [0.25, 0.3) is 22.3 Å². The molecule has 58 heavy (non-hydrogen) atoms. The summed E-state index contributed by atoms with van der Waals surface area (Å²) in [6, 6.07) is 10.7. The lowest BCUT2D eigenvalue weighted by Crippen LogP contribution is -2.52. The molecule has 5 fully saturated rings. The fourth-order valence-electron chi connectivity index (χ4n) is 9.59. The molecule has 6 aliphatic rings. The SMILES string of the molecule is CC(Oc1ccc2n[nH]c(-c3cc(N4CCN(C[C@H]5C[C@H](OC6CCN(c7ccc8c(c7F)CN(C7CCC(=O)NC7=O)C8=O)CC6)C5)CC4)ncn3)c2c1)C1CC1. The number of H-pyrrole nitrogens is 1. The Kier molecular flexibility index (Phi) is 9.75. The highest BCUT2D eigenvalue weighted by Gasteiger charge is 2.41. The molecule has 4 aliphatic heterocycles. The lowest BCUT2D eigenvalue weighted by molar-refractivity contribution is -0.136. The Hall–Kier alpha value is -5.15. The van der Waals surface area contributed by atoms with E-state index in [0.29, 0.717) is 41.7 Å². The van der Waals surface area contributed by atoms with Crippen molar-refractivity contribution in [3.63, 3.8) is 0 Å². The molecular formula is C43H50FN9O5. The number of aromatic nitrogens is 4. The number of hydrogen-bond donors (Lipinski definition) is 2. The fraction of sp³-hybridized carbons (Fsp3) is 0.535. The number of benzene rings is 2. The summed E-state index contributed by atoms with van der Waals surface area (Å²) in [5.74, 6) is 1.47. The van der Waals surface area contributed by atoms with Gasteiger partial charge in [-0.05, 0) is 94.0 Å². The monoisotopic (exact) mass is 791 g/mol. The van der Waals surface area contributed by atoms with Gasteiger partial charge in [0.2, 0.25) is 11.8 Å². The van der Waals surface area contributed by atoms with E-state index in [-0.39, 0.29) is 49.5 Å². The van der Waals surface area contributed by atoms with E-state index < -0.39 is 17.8 Å². The molecule has 2 atom stereocenters. The highest BCUT2D eigenvalue weighted by Crippen LogP contribution is 2.38. The van der Waals surface area contributed by atoms with E-state index >= 15 is 4.39 Å². The number of carbonyl (C=O) groups is 3. The Morgan fingerprint density at radius 3 is 2.48 bits per heavy atom. The number of nitrogens with one attached hydrogen (secondary N) is 2. The molecule has 304 valence electrons. The molecule has 2 aliphatic carbocycles. The molecule has 2 aromatic heterocycles. The summed E-state index contributed by atoms with van der Waals surface area (Å²) in [6.45, 7) is 8.38. The molecule has 3 amide bonds. The lowest BCUT2D eigenvalue weighted by atomic mass is 9.81. The third kappa shape index (κ3) is 7.27. The van der Waals surface area contributed by atoms with E-state index in [1.807, 2.05) is 17.0 Å². The molecule has 0 radical (unpaired) electrons. The van der Waals surface area contributed by atoms with Crippen LogP contribution >= 0.6 is 0 Å². The minimum atomic E-state index is -0.764. The number of aromatic amines is 1. The molecule has 2 saturated carbocycles. The van der Waals surface area contributed by atoms with E-state index in [1.54, 1.807) is 18.5 Å². The summed E-state index contributed by atoms with van der Waals surface area (Å²) in [5, 5.41) is 11.0. The largest absolute Gasteiger partial charge is 0.490 e. The van der Waals surface area contributed by atoms with Crippen molar-refractivity contribution in [3.8, 4) is 17.1 Å². The number of imide groups is 1. The number of piperidine rings is 2. The summed E-state index contributed by atoms with van der Waals surface area (Å²) in [7, 11) is 0. The maximum Gasteiger partial charge on any atom is 0.255 e. The third-order valence-electron chi connectivity index (χ3n) is 13.2. The highest BCUT2D eigenvalue weighted by atomic mass is 19.1. The number of nitrogens with zero attached hydrogens (tertiary/aromatic N) is 7. The number of hydrogen-bond acceptors (Lipinski definition) is 11. The first kappa shape index (κ1) is 37.1. The predicted molar refractivity (Wildman–Crippen MR) is 214 cm³/mol. The predicted octanol–water partition coefficient (Wildman–Crippen LogP) is 4.68. The summed E-state index contributed by atoms with van der Waals surface area (Å²) in [4.78, 5) is 54.8. The number of anilines is 2. The van der Waals surface area contributed by atoms with Crippen molar-refractivity contribution in [3.05, 3.63) is 59.7 Å². The van der Waals surface area contributed by atoms with E-state index in [0.717, 1.165) is 92.3 Å². The van der Waals surface area contributed by atoms with Crippen LogP contribution in [-0.2, 0) is 20.9 Å². The van der Waals surface area contributed by atoms with Gasteiger partial charge < -0.3 is 24.2 Å². The Bertz CT molecular complexity index is 2220. The van der Waals surface area contributed by atoms with Gasteiger partial charge in [0.05, 0.1) is 47.4 Å². The zero-order valence-electron chi connectivity index (χ0n) is 32.9. The molecule has 2 unspecified atom stereocenters. The van der Waals surface area contributed by atoms with Crippen molar-refractivity contribution in [1.82, 2.24) is 35.3 Å². The summed E-state index contributed by atoms with van der Waals surface area (Å²) in [5.41, 5.74) is 3.69. The topological polar surface area (TPSA) is 149 Å². The Morgan fingerprint density at radius 1 is 0.897 bits per heavy atom. The summed E-state index contributed by atoms with van der Waals surface area (Å²) in [6.07, 6.45) is 8.94. The summed E-state index contributed by atoms with van der Waals surface area (Å²) < 4.78 is 28.7. The van der Waals surface area contributed by atoms with Crippen LogP contribution in [0.1, 0.15) is 74.2 Å². The molecule has 0 spiro atoms. The smallest absolute Gasteiger partial charge is 0.255 e. The Morgan fingerprint density at radius 2 is 1.71 bits per heavy atom. The third-order valence-corrected chi connectivity index (χ3v) is 13.2. The van der Waals surface area contributed by atoms with Crippen molar-refractivity contribution in [2.45, 2.75) is 89.2 Å². The van der Waals surface area contributed by atoms with E-state index in [2.05, 4.69) is 54.3 Å². The minimum absolute atomic E-state index is 0.0304. The average molecular weight is 792 g/mol. The molecule has 15 heteroatoms. The van der Waals surface area contributed by atoms with Crippen LogP contribution in [0.5, 0.6) is 5.75 Å². The van der Waals surface area contributed by atoms with Crippen molar-refractivity contribution in [2.24, 2.45) is 11.8 Å². The van der Waals surface area contributed by atoms with Gasteiger partial charge in [0.1, 0.15) is 23.9 Å². The number of amides is 3. The van der Waals surface area contributed by atoms with Crippen molar-refractivity contribution in [1.29, 1.82) is 0 Å². The van der Waals surface area contributed by atoms with Crippen molar-refractivity contribution in [2.75, 3.05) is 55.6 Å². The van der Waals surface area contributed by atoms with Gasteiger partial charge in [0, 0.05) is 74.8 Å². The molecule has 4 aromatic rings. The van der Waals surface area contributed by atoms with Gasteiger partial charge in [0.25, 0.3) is 5.91 Å². The van der Waals surface area contributed by atoms with Gasteiger partial charge in [-0.1, -0.05) is 0 Å². The van der Waals surface area contributed by atoms with Crippen LogP contribution in [0.15, 0.2) is 42.7 Å². The molecule has 6 heterocycles. The Labute approximate surface area is 336 Å². The van der Waals surface area contributed by atoms with E-state index in [9.17, 15) is 14.4 Å². The van der Waals surface area contributed by atoms with Crippen LogP contribution in [0.4, 0.5) is 15.9 Å². The van der Waals surface area contributed by atoms with Crippen LogP contribution in [0.2, 0.25) is 0 Å². The first-order valence-electron chi connectivity index (χ1n) is 21.0. The minimum Gasteiger partial charge on any atom is -0.490 e. The molecule has 0 bridgehead atoms. The molecule has 2 N–H and O–H groups in total. The van der Waals surface area contributed by atoms with Crippen LogP contribution < -0.4 is 19.9 Å². The van der Waals surface area contributed by atoms with Gasteiger partial charge >= 0.3 is 0 Å². The van der Waals surface area contributed by atoms with Gasteiger partial charge in [-0.2, -0.15) is 5.10 Å². The quantitative estimate of drug-likeness (QED) is 0.204. The number of rotatable bonds is 11. The van der Waals surface area contributed by atoms with E-state index in [1.165, 1.54) is 17.7 Å². The second-order valence-electron chi connectivity index (χ2n) is 17.1. The summed E-state index contributed by atoms with van der Waals surface area (Å²) >= 11 is 0.